The van der Waals surface area contributed by atoms with Gasteiger partial charge in [-0.3, -0.25) is 0 Å². The zero-order valence-electron chi connectivity index (χ0n) is 12.5. The van der Waals surface area contributed by atoms with Crippen LogP contribution in [0, 0.1) is 0 Å². The molecule has 0 spiro atoms. The van der Waals surface area contributed by atoms with E-state index in [2.05, 4.69) is 95.6 Å². The normalized spacial score (nSPS) is 14.7. The van der Waals surface area contributed by atoms with Crippen molar-refractivity contribution in [1.82, 2.24) is 4.57 Å². The van der Waals surface area contributed by atoms with Crippen LogP contribution in [0.1, 0.15) is 0 Å². The van der Waals surface area contributed by atoms with Gasteiger partial charge in [-0.05, 0) is 15.6 Å². The Kier molecular flexibility index (Phi) is 3.41. The molecular formula is C20H19NSi. The van der Waals surface area contributed by atoms with Gasteiger partial charge in [-0.25, -0.2) is 0 Å². The summed E-state index contributed by atoms with van der Waals surface area (Å²) in [7, 11) is -2.06. The highest BCUT2D eigenvalue weighted by atomic mass is 28.3. The van der Waals surface area contributed by atoms with Gasteiger partial charge >= 0.3 is 0 Å². The molecule has 1 aliphatic rings. The van der Waals surface area contributed by atoms with Crippen LogP contribution in [0.2, 0.25) is 0 Å². The van der Waals surface area contributed by atoms with Crippen molar-refractivity contribution >= 4 is 23.8 Å². The molecule has 0 saturated carbocycles. The summed E-state index contributed by atoms with van der Waals surface area (Å²) in [4.78, 5) is 0. The van der Waals surface area contributed by atoms with E-state index in [0.29, 0.717) is 0 Å². The topological polar surface area (TPSA) is 3.01 Å². The molecule has 2 heteroatoms. The van der Waals surface area contributed by atoms with Crippen molar-refractivity contribution in [3.63, 3.8) is 0 Å². The zero-order valence-corrected chi connectivity index (χ0v) is 13.5. The van der Waals surface area contributed by atoms with Gasteiger partial charge in [0.25, 0.3) is 0 Å². The van der Waals surface area contributed by atoms with E-state index in [9.17, 15) is 0 Å². The maximum Gasteiger partial charge on any atom is 0.225 e. The number of rotatable bonds is 4. The summed E-state index contributed by atoms with van der Waals surface area (Å²) in [6.07, 6.45) is 0. The fraction of sp³-hybridized carbons (Fsp3) is 0.100. The first-order valence-corrected chi connectivity index (χ1v) is 9.79. The van der Waals surface area contributed by atoms with Gasteiger partial charge in [-0.15, -0.1) is 0 Å². The van der Waals surface area contributed by atoms with E-state index in [0.717, 1.165) is 0 Å². The lowest BCUT2D eigenvalue weighted by Gasteiger charge is -2.34. The molecule has 1 nitrogen and oxygen atoms in total. The van der Waals surface area contributed by atoms with Gasteiger partial charge in [-0.2, -0.15) is 0 Å². The zero-order chi connectivity index (χ0) is 14.8. The average Bonchev–Trinajstić information content (AvgIpc) is 3.44. The number of benzene rings is 3. The predicted molar refractivity (Wildman–Crippen MR) is 95.6 cm³/mol. The minimum absolute atomic E-state index is 1.20. The Hall–Kier alpha value is -2.16. The average molecular weight is 301 g/mol. The van der Waals surface area contributed by atoms with Gasteiger partial charge < -0.3 is 4.57 Å². The van der Waals surface area contributed by atoms with Crippen molar-refractivity contribution in [2.75, 3.05) is 13.1 Å². The minimum atomic E-state index is -2.06. The van der Waals surface area contributed by atoms with E-state index in [1.54, 1.807) is 0 Å². The van der Waals surface area contributed by atoms with Gasteiger partial charge in [0.15, 0.2) is 0 Å². The number of hydrogen-bond acceptors (Lipinski definition) is 1. The third-order valence-corrected chi connectivity index (χ3v) is 9.40. The van der Waals surface area contributed by atoms with E-state index in [1.165, 1.54) is 28.6 Å². The summed E-state index contributed by atoms with van der Waals surface area (Å²) in [6, 6.07) is 33.2. The molecule has 0 unspecified atom stereocenters. The summed E-state index contributed by atoms with van der Waals surface area (Å²) >= 11 is 0. The van der Waals surface area contributed by atoms with E-state index in [-0.39, 0.29) is 0 Å². The summed E-state index contributed by atoms with van der Waals surface area (Å²) in [5.41, 5.74) is 0. The minimum Gasteiger partial charge on any atom is -0.311 e. The van der Waals surface area contributed by atoms with Gasteiger partial charge in [0, 0.05) is 13.1 Å². The van der Waals surface area contributed by atoms with Crippen LogP contribution in [-0.4, -0.2) is 25.9 Å². The molecule has 1 aliphatic heterocycles. The molecule has 0 bridgehead atoms. The highest BCUT2D eigenvalue weighted by Crippen LogP contribution is 2.19. The SMILES string of the molecule is c1ccc([Si](c2ccccc2)(c2ccccc2)N2CC2)cc1. The van der Waals surface area contributed by atoms with Crippen molar-refractivity contribution in [3.05, 3.63) is 91.0 Å². The summed E-state index contributed by atoms with van der Waals surface area (Å²) in [5.74, 6) is 0. The first-order chi connectivity index (χ1) is 10.9. The molecule has 0 amide bonds. The highest BCUT2D eigenvalue weighted by Gasteiger charge is 2.49. The molecular weight excluding hydrogens is 282 g/mol. The quantitative estimate of drug-likeness (QED) is 0.404. The summed E-state index contributed by atoms with van der Waals surface area (Å²) in [6.45, 7) is 2.40. The van der Waals surface area contributed by atoms with Crippen LogP contribution in [-0.2, 0) is 0 Å². The van der Waals surface area contributed by atoms with Crippen LogP contribution in [0.5, 0.6) is 0 Å². The highest BCUT2D eigenvalue weighted by molar-refractivity contribution is 7.09. The fourth-order valence-electron chi connectivity index (χ4n) is 3.47. The molecule has 108 valence electrons. The standard InChI is InChI=1S/C20H19NSi/c1-4-10-18(11-5-1)22(21-16-17-21,19-12-6-2-7-13-19)20-14-8-3-9-15-20/h1-15H,16-17H2. The van der Waals surface area contributed by atoms with Crippen molar-refractivity contribution in [2.45, 2.75) is 0 Å². The first-order valence-electron chi connectivity index (χ1n) is 7.84. The predicted octanol–water partition coefficient (Wildman–Crippen LogP) is 1.97. The Balaban J connectivity index is 2.02. The second kappa shape index (κ2) is 5.56. The summed E-state index contributed by atoms with van der Waals surface area (Å²) in [5, 5.41) is 4.43. The Morgan fingerprint density at radius 2 is 0.818 bits per heavy atom. The van der Waals surface area contributed by atoms with Crippen LogP contribution in [0.25, 0.3) is 0 Å². The molecule has 0 atom stereocenters. The Labute approximate surface area is 132 Å². The van der Waals surface area contributed by atoms with Gasteiger partial charge in [0.05, 0.1) is 0 Å². The van der Waals surface area contributed by atoms with Crippen molar-refractivity contribution in [1.29, 1.82) is 0 Å². The van der Waals surface area contributed by atoms with Gasteiger partial charge in [0.2, 0.25) is 8.24 Å². The van der Waals surface area contributed by atoms with Crippen LogP contribution < -0.4 is 15.6 Å². The number of hydrogen-bond donors (Lipinski definition) is 0. The molecule has 1 heterocycles. The van der Waals surface area contributed by atoms with Crippen molar-refractivity contribution < 1.29 is 0 Å². The lowest BCUT2D eigenvalue weighted by molar-refractivity contribution is 0.874. The molecule has 0 N–H and O–H groups in total. The lowest BCUT2D eigenvalue weighted by Crippen LogP contribution is -2.72. The van der Waals surface area contributed by atoms with E-state index in [1.807, 2.05) is 0 Å². The smallest absolute Gasteiger partial charge is 0.225 e. The van der Waals surface area contributed by atoms with Crippen LogP contribution in [0.4, 0.5) is 0 Å². The lowest BCUT2D eigenvalue weighted by atomic mass is 10.3. The van der Waals surface area contributed by atoms with Crippen LogP contribution >= 0.6 is 0 Å². The van der Waals surface area contributed by atoms with E-state index >= 15 is 0 Å². The third-order valence-electron chi connectivity index (χ3n) is 4.50. The third kappa shape index (κ3) is 2.12. The molecule has 3 aromatic rings. The monoisotopic (exact) mass is 301 g/mol. The second-order valence-corrected chi connectivity index (χ2v) is 9.58. The van der Waals surface area contributed by atoms with Crippen molar-refractivity contribution in [3.8, 4) is 0 Å². The molecule has 0 radical (unpaired) electrons. The second-order valence-electron chi connectivity index (χ2n) is 5.80. The summed E-state index contributed by atoms with van der Waals surface area (Å²) < 4.78 is 2.69. The van der Waals surface area contributed by atoms with Gasteiger partial charge in [-0.1, -0.05) is 91.0 Å². The Bertz CT molecular complexity index is 640. The van der Waals surface area contributed by atoms with E-state index in [4.69, 9.17) is 0 Å². The maximum absolute atomic E-state index is 2.69. The molecule has 1 saturated heterocycles. The molecule has 3 aromatic carbocycles. The Morgan fingerprint density at radius 3 is 1.09 bits per heavy atom. The van der Waals surface area contributed by atoms with Crippen LogP contribution in [0.3, 0.4) is 0 Å². The fourth-order valence-corrected chi connectivity index (χ4v) is 8.36. The molecule has 1 fully saturated rings. The molecule has 22 heavy (non-hydrogen) atoms. The Morgan fingerprint density at radius 1 is 0.500 bits per heavy atom. The largest absolute Gasteiger partial charge is 0.311 e. The first kappa shape index (κ1) is 13.5. The van der Waals surface area contributed by atoms with Crippen LogP contribution in [0.15, 0.2) is 91.0 Å². The maximum atomic E-state index is 2.69. The van der Waals surface area contributed by atoms with E-state index < -0.39 is 8.24 Å². The molecule has 4 rings (SSSR count). The molecule has 0 aliphatic carbocycles. The van der Waals surface area contributed by atoms with Crippen molar-refractivity contribution in [2.24, 2.45) is 0 Å². The number of nitrogens with zero attached hydrogens (tertiary/aromatic N) is 1. The molecule has 0 aromatic heterocycles. The van der Waals surface area contributed by atoms with Gasteiger partial charge in [0.1, 0.15) is 0 Å².